The number of carbonyl (C=O) groups is 1. The number of hydrogen-bond donors (Lipinski definition) is 2. The van der Waals surface area contributed by atoms with Crippen LogP contribution in [0.5, 0.6) is 0 Å². The zero-order valence-electron chi connectivity index (χ0n) is 11.0. The second kappa shape index (κ2) is 5.94. The lowest BCUT2D eigenvalue weighted by atomic mass is 10.1. The first-order valence-electron chi connectivity index (χ1n) is 6.65. The molecular weight excluding hydrogens is 256 g/mol. The van der Waals surface area contributed by atoms with Crippen molar-refractivity contribution in [1.29, 1.82) is 0 Å². The Morgan fingerprint density at radius 1 is 1.40 bits per heavy atom. The Kier molecular flexibility index (Phi) is 3.85. The molecule has 1 atom stereocenters. The van der Waals surface area contributed by atoms with Crippen molar-refractivity contribution in [2.75, 3.05) is 26.2 Å². The highest BCUT2D eigenvalue weighted by atomic mass is 16.5. The fraction of sp³-hybridized carbons (Fsp3) is 0.357. The van der Waals surface area contributed by atoms with Gasteiger partial charge in [-0.25, -0.2) is 0 Å². The van der Waals surface area contributed by atoms with Gasteiger partial charge in [-0.2, -0.15) is 0 Å². The molecule has 1 aromatic carbocycles. The smallest absolute Gasteiger partial charge is 0.253 e. The molecule has 1 amide bonds. The molecule has 0 bridgehead atoms. The van der Waals surface area contributed by atoms with E-state index in [4.69, 9.17) is 4.74 Å². The van der Waals surface area contributed by atoms with Gasteiger partial charge in [-0.3, -0.25) is 14.8 Å². The molecule has 6 heteroatoms. The highest BCUT2D eigenvalue weighted by molar-refractivity contribution is 6.04. The fourth-order valence-electron chi connectivity index (χ4n) is 2.23. The van der Waals surface area contributed by atoms with E-state index in [0.717, 1.165) is 18.6 Å². The Hall–Kier alpha value is -2.05. The van der Waals surface area contributed by atoms with Crippen LogP contribution in [0.4, 0.5) is 0 Å². The summed E-state index contributed by atoms with van der Waals surface area (Å²) in [6.07, 6.45) is 3.23. The number of aromatic nitrogens is 2. The minimum atomic E-state index is -0.148. The van der Waals surface area contributed by atoms with Gasteiger partial charge in [-0.05, 0) is 12.1 Å². The van der Waals surface area contributed by atoms with Gasteiger partial charge in [0.15, 0.2) is 0 Å². The normalized spacial score (nSPS) is 18.9. The van der Waals surface area contributed by atoms with Crippen LogP contribution in [0.3, 0.4) is 0 Å². The van der Waals surface area contributed by atoms with Crippen molar-refractivity contribution in [2.24, 2.45) is 0 Å². The molecule has 20 heavy (non-hydrogen) atoms. The van der Waals surface area contributed by atoms with E-state index < -0.39 is 0 Å². The van der Waals surface area contributed by atoms with Crippen LogP contribution >= 0.6 is 0 Å². The first-order valence-corrected chi connectivity index (χ1v) is 6.65. The summed E-state index contributed by atoms with van der Waals surface area (Å²) in [6.45, 7) is 2.79. The molecule has 0 aliphatic carbocycles. The van der Waals surface area contributed by atoms with Gasteiger partial charge in [0.2, 0.25) is 0 Å². The SMILES string of the molecule is O=C(NCC1CNCCO1)c1cccc2nccnc12. The van der Waals surface area contributed by atoms with Crippen molar-refractivity contribution >= 4 is 16.9 Å². The van der Waals surface area contributed by atoms with Crippen LogP contribution in [0.2, 0.25) is 0 Å². The van der Waals surface area contributed by atoms with E-state index >= 15 is 0 Å². The third-order valence-corrected chi connectivity index (χ3v) is 3.24. The van der Waals surface area contributed by atoms with E-state index in [1.165, 1.54) is 0 Å². The zero-order valence-corrected chi connectivity index (χ0v) is 11.0. The third kappa shape index (κ3) is 2.76. The van der Waals surface area contributed by atoms with Crippen molar-refractivity contribution in [3.63, 3.8) is 0 Å². The van der Waals surface area contributed by atoms with E-state index in [1.54, 1.807) is 18.5 Å². The van der Waals surface area contributed by atoms with Crippen molar-refractivity contribution in [1.82, 2.24) is 20.6 Å². The van der Waals surface area contributed by atoms with Crippen molar-refractivity contribution in [2.45, 2.75) is 6.10 Å². The van der Waals surface area contributed by atoms with Crippen molar-refractivity contribution < 1.29 is 9.53 Å². The maximum absolute atomic E-state index is 12.2. The van der Waals surface area contributed by atoms with Gasteiger partial charge in [0.05, 0.1) is 23.8 Å². The lowest BCUT2D eigenvalue weighted by Crippen LogP contribution is -2.45. The van der Waals surface area contributed by atoms with Gasteiger partial charge in [0.25, 0.3) is 5.91 Å². The first-order chi connectivity index (χ1) is 9.84. The monoisotopic (exact) mass is 272 g/mol. The topological polar surface area (TPSA) is 76.1 Å². The number of morpholine rings is 1. The number of carbonyl (C=O) groups excluding carboxylic acids is 1. The molecule has 2 aromatic rings. The quantitative estimate of drug-likeness (QED) is 0.843. The highest BCUT2D eigenvalue weighted by Crippen LogP contribution is 2.13. The van der Waals surface area contributed by atoms with Gasteiger partial charge in [-0.15, -0.1) is 0 Å². The number of ether oxygens (including phenoxy) is 1. The van der Waals surface area contributed by atoms with E-state index in [9.17, 15) is 4.79 Å². The predicted molar refractivity (Wildman–Crippen MR) is 74.5 cm³/mol. The molecule has 1 unspecified atom stereocenters. The summed E-state index contributed by atoms with van der Waals surface area (Å²) >= 11 is 0. The molecule has 2 N–H and O–H groups in total. The number of hydrogen-bond acceptors (Lipinski definition) is 5. The van der Waals surface area contributed by atoms with Crippen LogP contribution in [0, 0.1) is 0 Å². The molecule has 1 aromatic heterocycles. The number of nitrogens with zero attached hydrogens (tertiary/aromatic N) is 2. The lowest BCUT2D eigenvalue weighted by Gasteiger charge is -2.23. The van der Waals surface area contributed by atoms with Crippen molar-refractivity contribution in [3.05, 3.63) is 36.2 Å². The molecule has 1 aliphatic rings. The van der Waals surface area contributed by atoms with Crippen LogP contribution in [0.1, 0.15) is 10.4 Å². The summed E-state index contributed by atoms with van der Waals surface area (Å²) in [6, 6.07) is 5.41. The minimum absolute atomic E-state index is 0.0220. The van der Waals surface area contributed by atoms with Gasteiger partial charge in [-0.1, -0.05) is 6.07 Å². The number of para-hydroxylation sites is 1. The van der Waals surface area contributed by atoms with Crippen molar-refractivity contribution in [3.8, 4) is 0 Å². The Bertz CT molecular complexity index is 606. The van der Waals surface area contributed by atoms with Crippen LogP contribution in [-0.4, -0.2) is 48.2 Å². The van der Waals surface area contributed by atoms with E-state index in [0.29, 0.717) is 24.2 Å². The van der Waals surface area contributed by atoms with Gasteiger partial charge >= 0.3 is 0 Å². The Balaban J connectivity index is 1.72. The molecule has 1 aliphatic heterocycles. The molecule has 2 heterocycles. The van der Waals surface area contributed by atoms with E-state index in [2.05, 4.69) is 20.6 Å². The molecule has 104 valence electrons. The molecule has 1 saturated heterocycles. The van der Waals surface area contributed by atoms with E-state index in [1.807, 2.05) is 12.1 Å². The lowest BCUT2D eigenvalue weighted by molar-refractivity contribution is 0.0287. The summed E-state index contributed by atoms with van der Waals surface area (Å²) in [5.41, 5.74) is 1.88. The van der Waals surface area contributed by atoms with Gasteiger partial charge < -0.3 is 15.4 Å². The average Bonchev–Trinajstić information content (AvgIpc) is 2.53. The van der Waals surface area contributed by atoms with E-state index in [-0.39, 0.29) is 12.0 Å². The maximum Gasteiger partial charge on any atom is 0.253 e. The number of fused-ring (bicyclic) bond motifs is 1. The molecule has 1 fully saturated rings. The molecule has 6 nitrogen and oxygen atoms in total. The second-order valence-corrected chi connectivity index (χ2v) is 4.64. The molecule has 0 spiro atoms. The Morgan fingerprint density at radius 2 is 2.30 bits per heavy atom. The van der Waals surface area contributed by atoms with Crippen LogP contribution in [0.15, 0.2) is 30.6 Å². The predicted octanol–water partition coefficient (Wildman–Crippen LogP) is 0.348. The summed E-state index contributed by atoms with van der Waals surface area (Å²) in [7, 11) is 0. The molecule has 0 saturated carbocycles. The molecule has 3 rings (SSSR count). The fourth-order valence-corrected chi connectivity index (χ4v) is 2.23. The number of benzene rings is 1. The maximum atomic E-state index is 12.2. The van der Waals surface area contributed by atoms with Crippen LogP contribution in [0.25, 0.3) is 11.0 Å². The zero-order chi connectivity index (χ0) is 13.8. The highest BCUT2D eigenvalue weighted by Gasteiger charge is 2.16. The summed E-state index contributed by atoms with van der Waals surface area (Å²) in [5, 5.41) is 6.12. The summed E-state index contributed by atoms with van der Waals surface area (Å²) in [5.74, 6) is -0.148. The largest absolute Gasteiger partial charge is 0.374 e. The molecule has 0 radical (unpaired) electrons. The second-order valence-electron chi connectivity index (χ2n) is 4.64. The van der Waals surface area contributed by atoms with Gasteiger partial charge in [0, 0.05) is 32.0 Å². The average molecular weight is 272 g/mol. The number of amides is 1. The molecular formula is C14H16N4O2. The van der Waals surface area contributed by atoms with Crippen LogP contribution in [-0.2, 0) is 4.74 Å². The minimum Gasteiger partial charge on any atom is -0.374 e. The summed E-state index contributed by atoms with van der Waals surface area (Å²) < 4.78 is 5.55. The number of nitrogens with one attached hydrogen (secondary N) is 2. The Labute approximate surface area is 116 Å². The Morgan fingerprint density at radius 3 is 3.15 bits per heavy atom. The summed E-state index contributed by atoms with van der Waals surface area (Å²) in [4.78, 5) is 20.7. The first kappa shape index (κ1) is 13.0. The third-order valence-electron chi connectivity index (χ3n) is 3.24. The standard InChI is InChI=1S/C14H16N4O2/c19-14(18-9-10-8-15-6-7-20-10)11-2-1-3-12-13(11)17-5-4-16-12/h1-5,10,15H,6-9H2,(H,18,19). The van der Waals surface area contributed by atoms with Gasteiger partial charge in [0.1, 0.15) is 5.52 Å². The van der Waals surface area contributed by atoms with Crippen LogP contribution < -0.4 is 10.6 Å². The number of rotatable bonds is 3.